The number of hydrogen-bond donors (Lipinski definition) is 1. The van der Waals surface area contributed by atoms with Crippen LogP contribution in [0.4, 0.5) is 4.39 Å². The van der Waals surface area contributed by atoms with Crippen molar-refractivity contribution >= 4 is 17.2 Å². The van der Waals surface area contributed by atoms with Gasteiger partial charge in [0, 0.05) is 11.3 Å². The first kappa shape index (κ1) is 17.6. The Morgan fingerprint density at radius 1 is 1.26 bits per heavy atom. The molecule has 2 rings (SSSR count). The van der Waals surface area contributed by atoms with Crippen LogP contribution in [0.25, 0.3) is 0 Å². The minimum Gasteiger partial charge on any atom is -0.349 e. The summed E-state index contributed by atoms with van der Waals surface area (Å²) in [6.07, 6.45) is 2.02. The smallest absolute Gasteiger partial charge is 0.220 e. The summed E-state index contributed by atoms with van der Waals surface area (Å²) >= 11 is 1.67. The average Bonchev–Trinajstić information content (AvgIpc) is 3.03. The Labute approximate surface area is 141 Å². The monoisotopic (exact) mass is 334 g/mol. The second kappa shape index (κ2) is 8.79. The Bertz CT molecular complexity index is 596. The average molecular weight is 334 g/mol. The third-order valence-corrected chi connectivity index (χ3v) is 4.59. The molecule has 23 heavy (non-hydrogen) atoms. The molecule has 1 atom stereocenters. The van der Waals surface area contributed by atoms with Gasteiger partial charge >= 0.3 is 0 Å². The van der Waals surface area contributed by atoms with Crippen molar-refractivity contribution in [2.45, 2.75) is 25.3 Å². The van der Waals surface area contributed by atoms with Crippen LogP contribution in [0.5, 0.6) is 0 Å². The molecule has 0 aliphatic carbocycles. The number of rotatable bonds is 8. The fraction of sp³-hybridized carbons (Fsp3) is 0.389. The van der Waals surface area contributed by atoms with Gasteiger partial charge in [-0.25, -0.2) is 4.39 Å². The first-order valence-electron chi connectivity index (χ1n) is 7.76. The zero-order valence-electron chi connectivity index (χ0n) is 13.6. The van der Waals surface area contributed by atoms with Crippen LogP contribution in [0.1, 0.15) is 29.3 Å². The molecule has 0 aliphatic heterocycles. The van der Waals surface area contributed by atoms with Crippen LogP contribution in [0, 0.1) is 5.82 Å². The second-order valence-corrected chi connectivity index (χ2v) is 6.88. The number of aryl methyl sites for hydroxylation is 1. The van der Waals surface area contributed by atoms with Crippen LogP contribution >= 0.6 is 11.3 Å². The van der Waals surface area contributed by atoms with Crippen LogP contribution < -0.4 is 5.32 Å². The summed E-state index contributed by atoms with van der Waals surface area (Å²) in [4.78, 5) is 15.5. The number of carbonyl (C=O) groups is 1. The number of amides is 1. The number of nitrogens with zero attached hydrogens (tertiary/aromatic N) is 1. The van der Waals surface area contributed by atoms with E-state index >= 15 is 0 Å². The lowest BCUT2D eigenvalue weighted by molar-refractivity contribution is -0.121. The lowest BCUT2D eigenvalue weighted by Gasteiger charge is -2.21. The van der Waals surface area contributed by atoms with E-state index in [1.165, 1.54) is 17.0 Å². The molecule has 1 amide bonds. The lowest BCUT2D eigenvalue weighted by Crippen LogP contribution is -2.31. The molecule has 3 nitrogen and oxygen atoms in total. The number of hydrogen-bond acceptors (Lipinski definition) is 3. The van der Waals surface area contributed by atoms with Crippen molar-refractivity contribution in [1.82, 2.24) is 10.2 Å². The summed E-state index contributed by atoms with van der Waals surface area (Å²) in [5.41, 5.74) is 0.942. The zero-order chi connectivity index (χ0) is 16.7. The molecular formula is C18H23FN2OS. The molecule has 1 aromatic carbocycles. The first-order valence-corrected chi connectivity index (χ1v) is 8.64. The highest BCUT2D eigenvalue weighted by Gasteiger charge is 2.15. The first-order chi connectivity index (χ1) is 11.0. The van der Waals surface area contributed by atoms with E-state index in [1.54, 1.807) is 23.5 Å². The second-order valence-electron chi connectivity index (χ2n) is 5.84. The van der Waals surface area contributed by atoms with Gasteiger partial charge < -0.3 is 10.2 Å². The van der Waals surface area contributed by atoms with Gasteiger partial charge in [-0.05, 0) is 62.6 Å². The molecule has 0 aliphatic rings. The molecule has 0 bridgehead atoms. The van der Waals surface area contributed by atoms with Crippen molar-refractivity contribution in [1.29, 1.82) is 0 Å². The van der Waals surface area contributed by atoms with Crippen molar-refractivity contribution in [3.05, 3.63) is 58.0 Å². The van der Waals surface area contributed by atoms with E-state index in [9.17, 15) is 9.18 Å². The molecule has 124 valence electrons. The molecular weight excluding hydrogens is 311 g/mol. The Morgan fingerprint density at radius 2 is 2.00 bits per heavy atom. The van der Waals surface area contributed by atoms with Crippen molar-refractivity contribution in [2.75, 3.05) is 20.6 Å². The van der Waals surface area contributed by atoms with Crippen LogP contribution in [-0.2, 0) is 11.2 Å². The molecule has 1 aromatic heterocycles. The zero-order valence-corrected chi connectivity index (χ0v) is 14.4. The van der Waals surface area contributed by atoms with Gasteiger partial charge in [0.25, 0.3) is 0 Å². The van der Waals surface area contributed by atoms with Gasteiger partial charge in [0.2, 0.25) is 5.91 Å². The Hall–Kier alpha value is -1.72. The molecule has 0 spiro atoms. The summed E-state index contributed by atoms with van der Waals surface area (Å²) in [5.74, 6) is -0.226. The van der Waals surface area contributed by atoms with Gasteiger partial charge in [0.05, 0.1) is 6.04 Å². The molecule has 1 N–H and O–H groups in total. The minimum absolute atomic E-state index is 0.0338. The number of halogens is 1. The van der Waals surface area contributed by atoms with Crippen LogP contribution in [0.2, 0.25) is 0 Å². The molecule has 0 saturated carbocycles. The standard InChI is InChI=1S/C18H23FN2OS/c1-21(2)12-11-17(14-5-7-15(19)8-6-14)20-18(22)10-9-16-4-3-13-23-16/h3-8,13,17H,9-12H2,1-2H3,(H,20,22). The van der Waals surface area contributed by atoms with Crippen LogP contribution in [-0.4, -0.2) is 31.4 Å². The summed E-state index contributed by atoms with van der Waals surface area (Å²) in [6, 6.07) is 10.3. The third-order valence-electron chi connectivity index (χ3n) is 3.65. The molecule has 0 saturated heterocycles. The quantitative estimate of drug-likeness (QED) is 0.799. The van der Waals surface area contributed by atoms with E-state index in [2.05, 4.69) is 10.2 Å². The normalized spacial score (nSPS) is 12.3. The number of thiophene rings is 1. The Kier molecular flexibility index (Phi) is 6.74. The number of benzene rings is 1. The van der Waals surface area contributed by atoms with Gasteiger partial charge in [-0.2, -0.15) is 0 Å². The van der Waals surface area contributed by atoms with Crippen molar-refractivity contribution in [2.24, 2.45) is 0 Å². The van der Waals surface area contributed by atoms with Gasteiger partial charge in [-0.15, -0.1) is 11.3 Å². The molecule has 1 unspecified atom stereocenters. The van der Waals surface area contributed by atoms with Gasteiger partial charge in [0.1, 0.15) is 5.82 Å². The predicted molar refractivity (Wildman–Crippen MR) is 93.1 cm³/mol. The van der Waals surface area contributed by atoms with Gasteiger partial charge in [-0.3, -0.25) is 4.79 Å². The molecule has 5 heteroatoms. The molecule has 2 aromatic rings. The van der Waals surface area contributed by atoms with Crippen LogP contribution in [0.3, 0.4) is 0 Å². The van der Waals surface area contributed by atoms with Crippen molar-refractivity contribution in [3.63, 3.8) is 0 Å². The van der Waals surface area contributed by atoms with Gasteiger partial charge in [-0.1, -0.05) is 18.2 Å². The van der Waals surface area contributed by atoms with Crippen molar-refractivity contribution < 1.29 is 9.18 Å². The topological polar surface area (TPSA) is 32.3 Å². The molecule has 0 fully saturated rings. The summed E-state index contributed by atoms with van der Waals surface area (Å²) < 4.78 is 13.1. The van der Waals surface area contributed by atoms with E-state index in [0.29, 0.717) is 6.42 Å². The summed E-state index contributed by atoms with van der Waals surface area (Å²) in [6.45, 7) is 0.854. The number of nitrogens with one attached hydrogen (secondary N) is 1. The van der Waals surface area contributed by atoms with Crippen molar-refractivity contribution in [3.8, 4) is 0 Å². The lowest BCUT2D eigenvalue weighted by atomic mass is 10.0. The Morgan fingerprint density at radius 3 is 2.61 bits per heavy atom. The SMILES string of the molecule is CN(C)CCC(NC(=O)CCc1cccs1)c1ccc(F)cc1. The fourth-order valence-corrected chi connectivity index (χ4v) is 3.07. The van der Waals surface area contributed by atoms with E-state index in [0.717, 1.165) is 24.9 Å². The van der Waals surface area contributed by atoms with E-state index in [-0.39, 0.29) is 17.8 Å². The van der Waals surface area contributed by atoms with Crippen LogP contribution in [0.15, 0.2) is 41.8 Å². The predicted octanol–water partition coefficient (Wildman–Crippen LogP) is 3.63. The largest absolute Gasteiger partial charge is 0.349 e. The summed E-state index contributed by atoms with van der Waals surface area (Å²) in [7, 11) is 4.00. The Balaban J connectivity index is 1.95. The summed E-state index contributed by atoms with van der Waals surface area (Å²) in [5, 5.41) is 5.11. The molecule has 1 heterocycles. The van der Waals surface area contributed by atoms with E-state index in [1.807, 2.05) is 31.6 Å². The maximum atomic E-state index is 13.1. The highest BCUT2D eigenvalue weighted by atomic mass is 32.1. The highest BCUT2D eigenvalue weighted by Crippen LogP contribution is 2.18. The highest BCUT2D eigenvalue weighted by molar-refractivity contribution is 7.09. The maximum Gasteiger partial charge on any atom is 0.220 e. The number of carbonyl (C=O) groups excluding carboxylic acids is 1. The minimum atomic E-state index is -0.260. The fourth-order valence-electron chi connectivity index (χ4n) is 2.36. The van der Waals surface area contributed by atoms with Gasteiger partial charge in [0.15, 0.2) is 0 Å². The van der Waals surface area contributed by atoms with E-state index in [4.69, 9.17) is 0 Å². The molecule has 0 radical (unpaired) electrons. The van der Waals surface area contributed by atoms with E-state index < -0.39 is 0 Å². The third kappa shape index (κ3) is 6.12. The maximum absolute atomic E-state index is 13.1.